The van der Waals surface area contributed by atoms with E-state index in [1.54, 1.807) is 29.2 Å². The molecule has 110 valence electrons. The fraction of sp³-hybridized carbons (Fsp3) is 0.235. The van der Waals surface area contributed by atoms with Gasteiger partial charge < -0.3 is 4.90 Å². The van der Waals surface area contributed by atoms with Crippen molar-refractivity contribution in [2.45, 2.75) is 18.9 Å². The first-order valence-electron chi connectivity index (χ1n) is 7.39. The van der Waals surface area contributed by atoms with Gasteiger partial charge in [-0.25, -0.2) is 9.50 Å². The molecule has 0 saturated heterocycles. The molecule has 1 aliphatic carbocycles. The Morgan fingerprint density at radius 3 is 3.09 bits per heavy atom. The molecule has 5 heteroatoms. The topological polar surface area (TPSA) is 50.5 Å². The number of hydrogen-bond donors (Lipinski definition) is 0. The van der Waals surface area contributed by atoms with Crippen molar-refractivity contribution in [1.82, 2.24) is 19.5 Å². The van der Waals surface area contributed by atoms with Gasteiger partial charge in [0.25, 0.3) is 5.91 Å². The summed E-state index contributed by atoms with van der Waals surface area (Å²) in [6.07, 6.45) is 7.06. The van der Waals surface area contributed by atoms with Gasteiger partial charge in [0, 0.05) is 19.4 Å². The van der Waals surface area contributed by atoms with E-state index in [9.17, 15) is 4.79 Å². The van der Waals surface area contributed by atoms with Crippen LogP contribution in [0.25, 0.3) is 5.65 Å². The smallest absolute Gasteiger partial charge is 0.259 e. The Labute approximate surface area is 128 Å². The Morgan fingerprint density at radius 2 is 2.18 bits per heavy atom. The van der Waals surface area contributed by atoms with E-state index in [1.807, 2.05) is 18.0 Å². The standard InChI is InChI=1S/C17H16N4O/c1-20(15-8-7-12-5-2-3-6-13(12)15)17(22)14-11-19-21-10-4-9-18-16(14)21/h2-6,9-11,15H,7-8H2,1H3/t15-/m1/s1. The van der Waals surface area contributed by atoms with Gasteiger partial charge in [-0.05, 0) is 30.0 Å². The lowest BCUT2D eigenvalue weighted by atomic mass is 10.1. The van der Waals surface area contributed by atoms with E-state index in [-0.39, 0.29) is 11.9 Å². The molecule has 0 radical (unpaired) electrons. The van der Waals surface area contributed by atoms with E-state index in [1.165, 1.54) is 11.1 Å². The highest BCUT2D eigenvalue weighted by molar-refractivity contribution is 5.99. The average Bonchev–Trinajstić information content (AvgIpc) is 3.17. The summed E-state index contributed by atoms with van der Waals surface area (Å²) in [7, 11) is 1.86. The number of rotatable bonds is 2. The number of hydrogen-bond acceptors (Lipinski definition) is 3. The second-order valence-corrected chi connectivity index (χ2v) is 5.62. The van der Waals surface area contributed by atoms with Gasteiger partial charge in [0.15, 0.2) is 5.65 Å². The number of carbonyl (C=O) groups is 1. The van der Waals surface area contributed by atoms with E-state index in [0.29, 0.717) is 11.2 Å². The first kappa shape index (κ1) is 13.0. The summed E-state index contributed by atoms with van der Waals surface area (Å²) in [5.41, 5.74) is 3.74. The molecule has 0 fully saturated rings. The third-order valence-electron chi connectivity index (χ3n) is 4.40. The van der Waals surface area contributed by atoms with Gasteiger partial charge in [-0.3, -0.25) is 4.79 Å². The van der Waals surface area contributed by atoms with Crippen LogP contribution in [0.15, 0.2) is 48.9 Å². The van der Waals surface area contributed by atoms with Crippen molar-refractivity contribution in [3.63, 3.8) is 0 Å². The predicted molar refractivity (Wildman–Crippen MR) is 82.6 cm³/mol. The largest absolute Gasteiger partial charge is 0.334 e. The Balaban J connectivity index is 1.69. The third-order valence-corrected chi connectivity index (χ3v) is 4.40. The number of carbonyl (C=O) groups excluding carboxylic acids is 1. The van der Waals surface area contributed by atoms with Crippen LogP contribution < -0.4 is 0 Å². The van der Waals surface area contributed by atoms with Gasteiger partial charge in [0.2, 0.25) is 0 Å². The summed E-state index contributed by atoms with van der Waals surface area (Å²) in [6.45, 7) is 0. The number of aromatic nitrogens is 3. The molecule has 0 spiro atoms. The highest BCUT2D eigenvalue weighted by Gasteiger charge is 2.30. The van der Waals surface area contributed by atoms with Crippen molar-refractivity contribution in [2.75, 3.05) is 7.05 Å². The van der Waals surface area contributed by atoms with Crippen LogP contribution in [0.3, 0.4) is 0 Å². The first-order chi connectivity index (χ1) is 10.8. The van der Waals surface area contributed by atoms with Gasteiger partial charge in [-0.2, -0.15) is 5.10 Å². The number of amides is 1. The van der Waals surface area contributed by atoms with Crippen molar-refractivity contribution in [3.05, 3.63) is 65.6 Å². The Bertz CT molecular complexity index is 854. The van der Waals surface area contributed by atoms with Crippen LogP contribution in [0.1, 0.15) is 33.9 Å². The molecule has 22 heavy (non-hydrogen) atoms. The summed E-state index contributed by atoms with van der Waals surface area (Å²) >= 11 is 0. The lowest BCUT2D eigenvalue weighted by Crippen LogP contribution is -2.30. The molecule has 1 amide bonds. The molecule has 1 aliphatic rings. The molecule has 2 heterocycles. The lowest BCUT2D eigenvalue weighted by molar-refractivity contribution is 0.0732. The number of fused-ring (bicyclic) bond motifs is 2. The third kappa shape index (κ3) is 1.89. The highest BCUT2D eigenvalue weighted by atomic mass is 16.2. The van der Waals surface area contributed by atoms with Gasteiger partial charge in [0.05, 0.1) is 12.2 Å². The molecule has 0 aliphatic heterocycles. The van der Waals surface area contributed by atoms with E-state index in [2.05, 4.69) is 28.3 Å². The molecule has 0 N–H and O–H groups in total. The van der Waals surface area contributed by atoms with Gasteiger partial charge in [-0.1, -0.05) is 24.3 Å². The minimum atomic E-state index is -0.0320. The van der Waals surface area contributed by atoms with Gasteiger partial charge in [-0.15, -0.1) is 0 Å². The normalized spacial score (nSPS) is 16.7. The quantitative estimate of drug-likeness (QED) is 0.729. The second kappa shape index (κ2) is 4.94. The van der Waals surface area contributed by atoms with Crippen LogP contribution in [-0.4, -0.2) is 32.5 Å². The van der Waals surface area contributed by atoms with Crippen LogP contribution in [0.5, 0.6) is 0 Å². The Kier molecular flexibility index (Phi) is 2.92. The molecular weight excluding hydrogens is 276 g/mol. The molecule has 0 saturated carbocycles. The highest BCUT2D eigenvalue weighted by Crippen LogP contribution is 2.35. The zero-order chi connectivity index (χ0) is 15.1. The van der Waals surface area contributed by atoms with Crippen molar-refractivity contribution in [1.29, 1.82) is 0 Å². The van der Waals surface area contributed by atoms with Gasteiger partial charge >= 0.3 is 0 Å². The first-order valence-corrected chi connectivity index (χ1v) is 7.39. The summed E-state index contributed by atoms with van der Waals surface area (Å²) in [5.74, 6) is -0.0320. The average molecular weight is 292 g/mol. The molecular formula is C17H16N4O. The van der Waals surface area contributed by atoms with Crippen molar-refractivity contribution in [3.8, 4) is 0 Å². The SMILES string of the molecule is CN(C(=O)c1cnn2cccnc12)[C@@H]1CCc2ccccc21. The fourth-order valence-electron chi connectivity index (χ4n) is 3.25. The van der Waals surface area contributed by atoms with E-state index in [4.69, 9.17) is 0 Å². The van der Waals surface area contributed by atoms with Crippen molar-refractivity contribution >= 4 is 11.6 Å². The minimum absolute atomic E-state index is 0.0320. The maximum Gasteiger partial charge on any atom is 0.259 e. The van der Waals surface area contributed by atoms with Gasteiger partial charge in [0.1, 0.15) is 5.56 Å². The molecule has 5 nitrogen and oxygen atoms in total. The maximum atomic E-state index is 12.8. The van der Waals surface area contributed by atoms with Crippen LogP contribution in [-0.2, 0) is 6.42 Å². The molecule has 4 rings (SSSR count). The zero-order valence-electron chi connectivity index (χ0n) is 12.3. The van der Waals surface area contributed by atoms with Crippen molar-refractivity contribution in [2.24, 2.45) is 0 Å². The monoisotopic (exact) mass is 292 g/mol. The predicted octanol–water partition coefficient (Wildman–Crippen LogP) is 2.49. The lowest BCUT2D eigenvalue weighted by Gasteiger charge is -2.25. The summed E-state index contributed by atoms with van der Waals surface area (Å²) in [6, 6.07) is 10.3. The molecule has 3 aromatic rings. The second-order valence-electron chi connectivity index (χ2n) is 5.62. The summed E-state index contributed by atoms with van der Waals surface area (Å²) in [5, 5.41) is 4.20. The number of benzene rings is 1. The molecule has 0 unspecified atom stereocenters. The molecule has 0 bridgehead atoms. The molecule has 1 atom stereocenters. The van der Waals surface area contributed by atoms with E-state index >= 15 is 0 Å². The fourth-order valence-corrected chi connectivity index (χ4v) is 3.25. The van der Waals surface area contributed by atoms with Crippen LogP contribution in [0.2, 0.25) is 0 Å². The molecule has 2 aromatic heterocycles. The van der Waals surface area contributed by atoms with Crippen LogP contribution in [0, 0.1) is 0 Å². The minimum Gasteiger partial charge on any atom is -0.334 e. The Morgan fingerprint density at radius 1 is 1.32 bits per heavy atom. The summed E-state index contributed by atoms with van der Waals surface area (Å²) < 4.78 is 1.63. The Hall–Kier alpha value is -2.69. The summed E-state index contributed by atoms with van der Waals surface area (Å²) in [4.78, 5) is 18.9. The van der Waals surface area contributed by atoms with Crippen LogP contribution >= 0.6 is 0 Å². The zero-order valence-corrected chi connectivity index (χ0v) is 12.3. The number of aryl methyl sites for hydroxylation is 1. The van der Waals surface area contributed by atoms with Crippen LogP contribution in [0.4, 0.5) is 0 Å². The maximum absolute atomic E-state index is 12.8. The van der Waals surface area contributed by atoms with E-state index < -0.39 is 0 Å². The molecule has 1 aromatic carbocycles. The van der Waals surface area contributed by atoms with Crippen molar-refractivity contribution < 1.29 is 4.79 Å². The van der Waals surface area contributed by atoms with E-state index in [0.717, 1.165) is 12.8 Å². The number of nitrogens with zero attached hydrogens (tertiary/aromatic N) is 4.